The first-order valence-electron chi connectivity index (χ1n) is 9.99. The zero-order valence-corrected chi connectivity index (χ0v) is 16.6. The SMILES string of the molecule is Cc1cc(C=NNC(=O)COc2cccc3ccccc23)ccc1N1CCCC1. The molecular formula is C24H25N3O2. The first-order chi connectivity index (χ1) is 14.2. The summed E-state index contributed by atoms with van der Waals surface area (Å²) < 4.78 is 5.68. The predicted molar refractivity (Wildman–Crippen MR) is 118 cm³/mol. The van der Waals surface area contributed by atoms with Crippen molar-refractivity contribution in [1.82, 2.24) is 5.43 Å². The average Bonchev–Trinajstić information content (AvgIpc) is 3.27. The summed E-state index contributed by atoms with van der Waals surface area (Å²) in [5.74, 6) is 0.398. The van der Waals surface area contributed by atoms with Crippen molar-refractivity contribution in [3.63, 3.8) is 0 Å². The highest BCUT2D eigenvalue weighted by Crippen LogP contribution is 2.25. The van der Waals surface area contributed by atoms with Crippen LogP contribution in [-0.2, 0) is 4.79 Å². The lowest BCUT2D eigenvalue weighted by Gasteiger charge is -2.20. The minimum absolute atomic E-state index is 0.0850. The van der Waals surface area contributed by atoms with Crippen LogP contribution in [0.3, 0.4) is 0 Å². The van der Waals surface area contributed by atoms with E-state index in [0.29, 0.717) is 5.75 Å². The third-order valence-electron chi connectivity index (χ3n) is 5.18. The molecule has 0 radical (unpaired) electrons. The van der Waals surface area contributed by atoms with Crippen LogP contribution in [0.5, 0.6) is 5.75 Å². The van der Waals surface area contributed by atoms with Gasteiger partial charge in [-0.25, -0.2) is 5.43 Å². The second kappa shape index (κ2) is 8.78. The smallest absolute Gasteiger partial charge is 0.277 e. The van der Waals surface area contributed by atoms with Crippen molar-refractivity contribution in [1.29, 1.82) is 0 Å². The van der Waals surface area contributed by atoms with Gasteiger partial charge in [-0.2, -0.15) is 5.10 Å². The summed E-state index contributed by atoms with van der Waals surface area (Å²) in [6.45, 7) is 4.28. The molecule has 5 nitrogen and oxygen atoms in total. The van der Waals surface area contributed by atoms with Crippen LogP contribution in [0.25, 0.3) is 10.8 Å². The van der Waals surface area contributed by atoms with Gasteiger partial charge in [-0.3, -0.25) is 4.79 Å². The van der Waals surface area contributed by atoms with Crippen molar-refractivity contribution in [2.45, 2.75) is 19.8 Å². The number of nitrogens with zero attached hydrogens (tertiary/aromatic N) is 2. The van der Waals surface area contributed by atoms with Crippen LogP contribution in [0.1, 0.15) is 24.0 Å². The first kappa shape index (κ1) is 19.0. The Kier molecular flexibility index (Phi) is 5.75. The van der Waals surface area contributed by atoms with Gasteiger partial charge in [0.1, 0.15) is 5.75 Å². The van der Waals surface area contributed by atoms with E-state index in [1.807, 2.05) is 48.5 Å². The number of aryl methyl sites for hydroxylation is 1. The van der Waals surface area contributed by atoms with Crippen LogP contribution in [-0.4, -0.2) is 31.8 Å². The zero-order chi connectivity index (χ0) is 20.1. The molecule has 1 aliphatic heterocycles. The van der Waals surface area contributed by atoms with E-state index in [9.17, 15) is 4.79 Å². The summed E-state index contributed by atoms with van der Waals surface area (Å²) in [5, 5.41) is 6.13. The quantitative estimate of drug-likeness (QED) is 0.507. The monoisotopic (exact) mass is 387 g/mol. The number of carbonyl (C=O) groups is 1. The molecule has 148 valence electrons. The standard InChI is InChI=1S/C24H25N3O2/c1-18-15-19(11-12-22(18)27-13-4-5-14-27)16-25-26-24(28)17-29-23-10-6-8-20-7-2-3-9-21(20)23/h2-3,6-12,15-16H,4-5,13-14,17H2,1H3,(H,26,28). The van der Waals surface area contributed by atoms with Crippen molar-refractivity contribution in [3.05, 3.63) is 71.8 Å². The van der Waals surface area contributed by atoms with Gasteiger partial charge in [0, 0.05) is 24.2 Å². The Balaban J connectivity index is 1.32. The molecular weight excluding hydrogens is 362 g/mol. The van der Waals surface area contributed by atoms with Crippen LogP contribution in [0.2, 0.25) is 0 Å². The molecule has 4 rings (SSSR count). The van der Waals surface area contributed by atoms with Crippen LogP contribution < -0.4 is 15.1 Å². The Morgan fingerprint density at radius 2 is 1.90 bits per heavy atom. The summed E-state index contributed by atoms with van der Waals surface area (Å²) in [6, 6.07) is 20.0. The second-order valence-electron chi connectivity index (χ2n) is 7.30. The normalized spacial score (nSPS) is 13.9. The molecule has 0 unspecified atom stereocenters. The van der Waals surface area contributed by atoms with Crippen molar-refractivity contribution in [2.75, 3.05) is 24.6 Å². The number of hydrogen-bond donors (Lipinski definition) is 1. The number of hydrazone groups is 1. The topological polar surface area (TPSA) is 53.9 Å². The number of nitrogens with one attached hydrogen (secondary N) is 1. The van der Waals surface area contributed by atoms with Gasteiger partial charge in [-0.1, -0.05) is 42.5 Å². The van der Waals surface area contributed by atoms with Crippen LogP contribution in [0.4, 0.5) is 5.69 Å². The number of carbonyl (C=O) groups excluding carboxylic acids is 1. The summed E-state index contributed by atoms with van der Waals surface area (Å²) in [7, 11) is 0. The molecule has 0 aliphatic carbocycles. The maximum absolute atomic E-state index is 12.1. The molecule has 1 amide bonds. The highest BCUT2D eigenvalue weighted by molar-refractivity contribution is 5.89. The highest BCUT2D eigenvalue weighted by Gasteiger charge is 2.14. The summed E-state index contributed by atoms with van der Waals surface area (Å²) in [4.78, 5) is 14.5. The Morgan fingerprint density at radius 1 is 1.10 bits per heavy atom. The van der Waals surface area contributed by atoms with E-state index < -0.39 is 0 Å². The second-order valence-corrected chi connectivity index (χ2v) is 7.30. The van der Waals surface area contributed by atoms with Crippen molar-refractivity contribution in [3.8, 4) is 5.75 Å². The average molecular weight is 387 g/mol. The Labute approximate surface area is 171 Å². The van der Waals surface area contributed by atoms with Gasteiger partial charge in [0.05, 0.1) is 6.21 Å². The van der Waals surface area contributed by atoms with E-state index in [4.69, 9.17) is 4.74 Å². The Morgan fingerprint density at radius 3 is 2.72 bits per heavy atom. The van der Waals surface area contributed by atoms with Crippen molar-refractivity contribution < 1.29 is 9.53 Å². The van der Waals surface area contributed by atoms with Gasteiger partial charge in [0.2, 0.25) is 0 Å². The predicted octanol–water partition coefficient (Wildman–Crippen LogP) is 4.28. The third-order valence-corrected chi connectivity index (χ3v) is 5.18. The molecule has 29 heavy (non-hydrogen) atoms. The molecule has 5 heteroatoms. The number of benzene rings is 3. The maximum Gasteiger partial charge on any atom is 0.277 e. The van der Waals surface area contributed by atoms with Crippen LogP contribution >= 0.6 is 0 Å². The van der Waals surface area contributed by atoms with Gasteiger partial charge < -0.3 is 9.64 Å². The lowest BCUT2D eigenvalue weighted by molar-refractivity contribution is -0.123. The fraction of sp³-hybridized carbons (Fsp3) is 0.250. The van der Waals surface area contributed by atoms with E-state index in [1.165, 1.54) is 24.1 Å². The van der Waals surface area contributed by atoms with Gasteiger partial charge in [0.15, 0.2) is 6.61 Å². The first-order valence-corrected chi connectivity index (χ1v) is 9.99. The molecule has 3 aromatic rings. The molecule has 1 heterocycles. The van der Waals surface area contributed by atoms with Crippen molar-refractivity contribution >= 4 is 28.6 Å². The molecule has 0 aromatic heterocycles. The van der Waals surface area contributed by atoms with E-state index in [-0.39, 0.29) is 12.5 Å². The number of ether oxygens (including phenoxy) is 1. The fourth-order valence-corrected chi connectivity index (χ4v) is 3.75. The minimum Gasteiger partial charge on any atom is -0.483 e. The largest absolute Gasteiger partial charge is 0.483 e. The third kappa shape index (κ3) is 4.57. The lowest BCUT2D eigenvalue weighted by atomic mass is 10.1. The summed E-state index contributed by atoms with van der Waals surface area (Å²) in [6.07, 6.45) is 4.18. The van der Waals surface area contributed by atoms with Crippen LogP contribution in [0, 0.1) is 6.92 Å². The van der Waals surface area contributed by atoms with Crippen molar-refractivity contribution in [2.24, 2.45) is 5.10 Å². The molecule has 1 fully saturated rings. The summed E-state index contributed by atoms with van der Waals surface area (Å²) in [5.41, 5.74) is 6.00. The van der Waals surface area contributed by atoms with E-state index >= 15 is 0 Å². The van der Waals surface area contributed by atoms with E-state index in [0.717, 1.165) is 29.4 Å². The number of hydrogen-bond acceptors (Lipinski definition) is 4. The molecule has 1 saturated heterocycles. The number of fused-ring (bicyclic) bond motifs is 1. The maximum atomic E-state index is 12.1. The Hall–Kier alpha value is -3.34. The molecule has 1 N–H and O–H groups in total. The van der Waals surface area contributed by atoms with Gasteiger partial charge in [-0.05, 0) is 54.5 Å². The number of amides is 1. The molecule has 0 saturated carbocycles. The van der Waals surface area contributed by atoms with Gasteiger partial charge in [-0.15, -0.1) is 0 Å². The Bertz CT molecular complexity index is 1030. The minimum atomic E-state index is -0.292. The highest BCUT2D eigenvalue weighted by atomic mass is 16.5. The van der Waals surface area contributed by atoms with Gasteiger partial charge >= 0.3 is 0 Å². The van der Waals surface area contributed by atoms with Gasteiger partial charge in [0.25, 0.3) is 5.91 Å². The lowest BCUT2D eigenvalue weighted by Crippen LogP contribution is -2.24. The molecule has 0 atom stereocenters. The molecule has 1 aliphatic rings. The number of anilines is 1. The zero-order valence-electron chi connectivity index (χ0n) is 16.6. The number of rotatable bonds is 6. The van der Waals surface area contributed by atoms with E-state index in [2.05, 4.69) is 34.5 Å². The fourth-order valence-electron chi connectivity index (χ4n) is 3.75. The molecule has 0 spiro atoms. The molecule has 0 bridgehead atoms. The van der Waals surface area contributed by atoms with E-state index in [1.54, 1.807) is 6.21 Å². The summed E-state index contributed by atoms with van der Waals surface area (Å²) >= 11 is 0. The molecule has 3 aromatic carbocycles. The van der Waals surface area contributed by atoms with Crippen LogP contribution in [0.15, 0.2) is 65.8 Å².